The number of hydrogen-bond donors (Lipinski definition) is 2. The Hall–Kier alpha value is -1.52. The minimum atomic E-state index is 0.686. The number of hydrogen-bond acceptors (Lipinski definition) is 4. The molecule has 4 N–H and O–H groups in total. The highest BCUT2D eigenvalue weighted by atomic mass is 15.4. The van der Waals surface area contributed by atoms with E-state index >= 15 is 0 Å². The van der Waals surface area contributed by atoms with Crippen LogP contribution in [0.5, 0.6) is 0 Å². The topological polar surface area (TPSA) is 58.5 Å². The van der Waals surface area contributed by atoms with Gasteiger partial charge in [0.15, 0.2) is 0 Å². The maximum absolute atomic E-state index is 5.98. The monoisotopic (exact) mass is 234 g/mol. The first kappa shape index (κ1) is 13.5. The van der Waals surface area contributed by atoms with Crippen LogP contribution in [-0.2, 0) is 0 Å². The van der Waals surface area contributed by atoms with Crippen molar-refractivity contribution >= 4 is 5.70 Å². The summed E-state index contributed by atoms with van der Waals surface area (Å²) in [7, 11) is 4.03. The number of nitrogens with zero attached hydrogens (tertiary/aromatic N) is 2. The summed E-state index contributed by atoms with van der Waals surface area (Å²) in [6, 6.07) is 8.08. The molecule has 0 unspecified atom stereocenters. The van der Waals surface area contributed by atoms with E-state index in [0.717, 1.165) is 18.7 Å². The highest BCUT2D eigenvalue weighted by molar-refractivity contribution is 5.62. The second-order valence-electron chi connectivity index (χ2n) is 4.49. The molecule has 1 rings (SSSR count). The molecule has 0 saturated heterocycles. The average Bonchev–Trinajstić information content (AvgIpc) is 2.27. The first-order valence-corrected chi connectivity index (χ1v) is 5.69. The van der Waals surface area contributed by atoms with Gasteiger partial charge in [0.1, 0.15) is 0 Å². The Morgan fingerprint density at radius 3 is 2.29 bits per heavy atom. The fraction of sp³-hybridized carbons (Fsp3) is 0.385. The minimum Gasteiger partial charge on any atom is -0.397 e. The van der Waals surface area contributed by atoms with Crippen LogP contribution in [0.3, 0.4) is 0 Å². The van der Waals surface area contributed by atoms with Crippen molar-refractivity contribution in [3.8, 4) is 0 Å². The zero-order valence-electron chi connectivity index (χ0n) is 10.9. The summed E-state index contributed by atoms with van der Waals surface area (Å²) >= 11 is 0. The summed E-state index contributed by atoms with van der Waals surface area (Å²) in [6.07, 6.45) is 1.77. The second-order valence-corrected chi connectivity index (χ2v) is 4.49. The number of likely N-dealkylation sites (N-methyl/N-ethyl adjacent to an activating group) is 1. The first-order chi connectivity index (χ1) is 7.99. The first-order valence-electron chi connectivity index (χ1n) is 5.69. The molecular weight excluding hydrogens is 212 g/mol. The maximum atomic E-state index is 5.98. The van der Waals surface area contributed by atoms with Crippen LogP contribution < -0.4 is 11.6 Å². The van der Waals surface area contributed by atoms with Crippen LogP contribution in [0.2, 0.25) is 0 Å². The average molecular weight is 234 g/mol. The molecule has 0 radical (unpaired) electrons. The SMILES string of the molecule is Cc1ccc(/C(N)=C/N(N)CCN(C)C)cc1. The number of rotatable bonds is 5. The molecule has 0 atom stereocenters. The Morgan fingerprint density at radius 2 is 1.76 bits per heavy atom. The zero-order chi connectivity index (χ0) is 12.8. The smallest absolute Gasteiger partial charge is 0.0564 e. The van der Waals surface area contributed by atoms with Crippen molar-refractivity contribution in [1.82, 2.24) is 9.91 Å². The van der Waals surface area contributed by atoms with Crippen LogP contribution in [0, 0.1) is 6.92 Å². The zero-order valence-corrected chi connectivity index (χ0v) is 10.9. The molecule has 17 heavy (non-hydrogen) atoms. The Bertz CT molecular complexity index is 368. The van der Waals surface area contributed by atoms with Crippen molar-refractivity contribution in [2.45, 2.75) is 6.92 Å². The predicted molar refractivity (Wildman–Crippen MR) is 72.8 cm³/mol. The maximum Gasteiger partial charge on any atom is 0.0564 e. The van der Waals surface area contributed by atoms with Crippen molar-refractivity contribution < 1.29 is 0 Å². The summed E-state index contributed by atoms with van der Waals surface area (Å²) in [4.78, 5) is 2.08. The van der Waals surface area contributed by atoms with E-state index in [2.05, 4.69) is 11.8 Å². The van der Waals surface area contributed by atoms with E-state index in [1.807, 2.05) is 38.4 Å². The molecule has 0 aliphatic carbocycles. The molecule has 4 heteroatoms. The third kappa shape index (κ3) is 4.89. The normalized spacial score (nSPS) is 11.9. The van der Waals surface area contributed by atoms with Crippen LogP contribution in [0.25, 0.3) is 5.70 Å². The lowest BCUT2D eigenvalue weighted by molar-refractivity contribution is 0.314. The number of hydrazine groups is 1. The van der Waals surface area contributed by atoms with Gasteiger partial charge >= 0.3 is 0 Å². The Labute approximate surface area is 103 Å². The van der Waals surface area contributed by atoms with E-state index < -0.39 is 0 Å². The Balaban J connectivity index is 2.62. The summed E-state index contributed by atoms with van der Waals surface area (Å²) in [6.45, 7) is 3.70. The summed E-state index contributed by atoms with van der Waals surface area (Å²) < 4.78 is 0. The van der Waals surface area contributed by atoms with Gasteiger partial charge in [-0.25, -0.2) is 5.84 Å². The molecule has 4 nitrogen and oxygen atoms in total. The molecule has 0 heterocycles. The summed E-state index contributed by atoms with van der Waals surface area (Å²) in [5.74, 6) is 5.84. The van der Waals surface area contributed by atoms with Gasteiger partial charge in [-0.3, -0.25) is 0 Å². The van der Waals surface area contributed by atoms with Gasteiger partial charge in [-0.15, -0.1) is 0 Å². The summed E-state index contributed by atoms with van der Waals surface area (Å²) in [5.41, 5.74) is 8.88. The largest absolute Gasteiger partial charge is 0.397 e. The lowest BCUT2D eigenvalue weighted by Crippen LogP contribution is -2.33. The fourth-order valence-electron chi connectivity index (χ4n) is 1.38. The van der Waals surface area contributed by atoms with Gasteiger partial charge in [-0.1, -0.05) is 29.8 Å². The molecule has 0 aliphatic heterocycles. The molecule has 0 saturated carbocycles. The molecular formula is C13H22N4. The second kappa shape index (κ2) is 6.27. The number of benzene rings is 1. The third-order valence-electron chi connectivity index (χ3n) is 2.50. The van der Waals surface area contributed by atoms with Crippen LogP contribution >= 0.6 is 0 Å². The van der Waals surface area contributed by atoms with E-state index in [1.165, 1.54) is 5.56 Å². The molecule has 94 valence electrons. The minimum absolute atomic E-state index is 0.686. The molecule has 0 aromatic heterocycles. The third-order valence-corrected chi connectivity index (χ3v) is 2.50. The van der Waals surface area contributed by atoms with Crippen LogP contribution in [0.1, 0.15) is 11.1 Å². The number of nitrogens with two attached hydrogens (primary N) is 2. The highest BCUT2D eigenvalue weighted by Crippen LogP contribution is 2.10. The van der Waals surface area contributed by atoms with E-state index in [1.54, 1.807) is 11.2 Å². The van der Waals surface area contributed by atoms with Crippen LogP contribution in [0.4, 0.5) is 0 Å². The standard InChI is InChI=1S/C13H22N4/c1-11-4-6-12(7-5-11)13(14)10-17(15)9-8-16(2)3/h4-7,10H,8-9,14-15H2,1-3H3/b13-10-. The quantitative estimate of drug-likeness (QED) is 0.589. The molecule has 1 aromatic rings. The molecule has 0 fully saturated rings. The highest BCUT2D eigenvalue weighted by Gasteiger charge is 1.99. The molecule has 1 aromatic carbocycles. The fourth-order valence-corrected chi connectivity index (χ4v) is 1.38. The predicted octanol–water partition coefficient (Wildman–Crippen LogP) is 0.989. The van der Waals surface area contributed by atoms with Crippen LogP contribution in [-0.4, -0.2) is 37.1 Å². The lowest BCUT2D eigenvalue weighted by Gasteiger charge is -2.18. The van der Waals surface area contributed by atoms with E-state index in [0.29, 0.717) is 5.70 Å². The van der Waals surface area contributed by atoms with Gasteiger partial charge in [-0.2, -0.15) is 0 Å². The molecule has 0 amide bonds. The Kier molecular flexibility index (Phi) is 5.00. The number of aryl methyl sites for hydroxylation is 1. The van der Waals surface area contributed by atoms with Gasteiger partial charge in [0.25, 0.3) is 0 Å². The molecule has 0 aliphatic rings. The van der Waals surface area contributed by atoms with Crippen molar-refractivity contribution in [1.29, 1.82) is 0 Å². The van der Waals surface area contributed by atoms with E-state index in [4.69, 9.17) is 11.6 Å². The van der Waals surface area contributed by atoms with Gasteiger partial charge in [-0.05, 0) is 26.6 Å². The van der Waals surface area contributed by atoms with Gasteiger partial charge in [0, 0.05) is 19.3 Å². The van der Waals surface area contributed by atoms with Crippen molar-refractivity contribution in [2.24, 2.45) is 11.6 Å². The Morgan fingerprint density at radius 1 is 1.18 bits per heavy atom. The van der Waals surface area contributed by atoms with Crippen LogP contribution in [0.15, 0.2) is 30.5 Å². The van der Waals surface area contributed by atoms with Gasteiger partial charge in [0.2, 0.25) is 0 Å². The lowest BCUT2D eigenvalue weighted by atomic mass is 10.1. The van der Waals surface area contributed by atoms with Crippen molar-refractivity contribution in [2.75, 3.05) is 27.2 Å². The van der Waals surface area contributed by atoms with E-state index in [9.17, 15) is 0 Å². The molecule has 0 spiro atoms. The van der Waals surface area contributed by atoms with Gasteiger partial charge in [0.05, 0.1) is 5.70 Å². The van der Waals surface area contributed by atoms with E-state index in [-0.39, 0.29) is 0 Å². The molecule has 0 bridgehead atoms. The summed E-state index contributed by atoms with van der Waals surface area (Å²) in [5, 5.41) is 1.62. The van der Waals surface area contributed by atoms with Crippen molar-refractivity contribution in [3.63, 3.8) is 0 Å². The van der Waals surface area contributed by atoms with Gasteiger partial charge < -0.3 is 15.6 Å². The van der Waals surface area contributed by atoms with Crippen molar-refractivity contribution in [3.05, 3.63) is 41.6 Å².